The number of hydrogen-bond acceptors (Lipinski definition) is 6. The van der Waals surface area contributed by atoms with Crippen LogP contribution in [0.5, 0.6) is 0 Å². The van der Waals surface area contributed by atoms with Crippen LogP contribution in [0.1, 0.15) is 42.4 Å². The van der Waals surface area contributed by atoms with Crippen LogP contribution in [0.15, 0.2) is 0 Å². The maximum atomic E-state index is 5.44. The van der Waals surface area contributed by atoms with E-state index < -0.39 is 0 Å². The maximum Gasteiger partial charge on any atom is 0.234 e. The fraction of sp³-hybridized carbons (Fsp3) is 0.750. The number of aromatic nitrogens is 4. The molecule has 2 fully saturated rings. The lowest BCUT2D eigenvalue weighted by Crippen LogP contribution is -2.21. The van der Waals surface area contributed by atoms with Crippen molar-refractivity contribution >= 4 is 16.3 Å². The van der Waals surface area contributed by atoms with Gasteiger partial charge < -0.3 is 10.1 Å². The minimum absolute atomic E-state index is 0.351. The minimum atomic E-state index is 0.351. The third kappa shape index (κ3) is 1.87. The quantitative estimate of drug-likeness (QED) is 0.893. The zero-order valence-electron chi connectivity index (χ0n) is 10.9. The summed E-state index contributed by atoms with van der Waals surface area (Å²) in [7, 11) is 0. The van der Waals surface area contributed by atoms with Gasteiger partial charge in [-0.2, -0.15) is 9.61 Å². The summed E-state index contributed by atoms with van der Waals surface area (Å²) in [6.45, 7) is 4.87. The highest BCUT2D eigenvalue weighted by atomic mass is 32.1. The van der Waals surface area contributed by atoms with Crippen LogP contribution in [0.3, 0.4) is 0 Å². The van der Waals surface area contributed by atoms with Crippen LogP contribution < -0.4 is 5.32 Å². The molecule has 0 aliphatic carbocycles. The molecule has 4 heterocycles. The summed E-state index contributed by atoms with van der Waals surface area (Å²) in [5.41, 5.74) is 0. The van der Waals surface area contributed by atoms with Gasteiger partial charge in [-0.3, -0.25) is 0 Å². The Labute approximate surface area is 115 Å². The Kier molecular flexibility index (Phi) is 2.78. The van der Waals surface area contributed by atoms with E-state index in [9.17, 15) is 0 Å². The van der Waals surface area contributed by atoms with Crippen LogP contribution in [0.4, 0.5) is 0 Å². The van der Waals surface area contributed by atoms with Gasteiger partial charge in [-0.15, -0.1) is 10.2 Å². The molecule has 2 saturated heterocycles. The Morgan fingerprint density at radius 3 is 3.05 bits per heavy atom. The van der Waals surface area contributed by atoms with E-state index in [2.05, 4.69) is 22.4 Å². The summed E-state index contributed by atoms with van der Waals surface area (Å²) < 4.78 is 7.37. The summed E-state index contributed by atoms with van der Waals surface area (Å²) in [6, 6.07) is 0.502. The predicted molar refractivity (Wildman–Crippen MR) is 71.7 cm³/mol. The molecule has 2 aliphatic heterocycles. The summed E-state index contributed by atoms with van der Waals surface area (Å²) in [5.74, 6) is 1.83. The minimum Gasteiger partial charge on any atom is -0.381 e. The van der Waals surface area contributed by atoms with Crippen molar-refractivity contribution in [2.24, 2.45) is 0 Å². The normalized spacial score (nSPS) is 31.5. The number of fused-ring (bicyclic) bond motifs is 1. The zero-order chi connectivity index (χ0) is 12.8. The second-order valence-corrected chi connectivity index (χ2v) is 6.38. The van der Waals surface area contributed by atoms with Crippen molar-refractivity contribution in [1.82, 2.24) is 25.1 Å². The molecule has 0 bridgehead atoms. The van der Waals surface area contributed by atoms with Crippen molar-refractivity contribution in [3.05, 3.63) is 10.8 Å². The van der Waals surface area contributed by atoms with Gasteiger partial charge in [-0.1, -0.05) is 11.3 Å². The molecular weight excluding hydrogens is 262 g/mol. The van der Waals surface area contributed by atoms with Gasteiger partial charge in [0.2, 0.25) is 4.96 Å². The molecule has 2 aromatic rings. The summed E-state index contributed by atoms with van der Waals surface area (Å²) in [6.07, 6.45) is 2.18. The largest absolute Gasteiger partial charge is 0.381 e. The van der Waals surface area contributed by atoms with Gasteiger partial charge in [0, 0.05) is 24.5 Å². The van der Waals surface area contributed by atoms with E-state index in [1.165, 1.54) is 5.01 Å². The maximum absolute atomic E-state index is 5.44. The van der Waals surface area contributed by atoms with Crippen LogP contribution in [0.2, 0.25) is 0 Å². The molecule has 102 valence electrons. The highest BCUT2D eigenvalue weighted by Crippen LogP contribution is 2.32. The topological polar surface area (TPSA) is 64.3 Å². The van der Waals surface area contributed by atoms with E-state index in [0.29, 0.717) is 17.9 Å². The highest BCUT2D eigenvalue weighted by Gasteiger charge is 2.30. The molecule has 2 aliphatic rings. The average molecular weight is 279 g/mol. The monoisotopic (exact) mass is 279 g/mol. The Bertz CT molecular complexity index is 588. The molecule has 1 N–H and O–H groups in total. The molecule has 6 nitrogen and oxygen atoms in total. The standard InChI is InChI=1S/C12H17N5OS/c1-7-9(2-4-13-7)11-16-17-10(8-3-5-18-6-8)14-15-12(17)19-11/h7-9,13H,2-6H2,1H3. The van der Waals surface area contributed by atoms with E-state index in [4.69, 9.17) is 9.84 Å². The number of nitrogens with one attached hydrogen (secondary N) is 1. The lowest BCUT2D eigenvalue weighted by molar-refractivity contribution is 0.193. The van der Waals surface area contributed by atoms with Crippen molar-refractivity contribution in [2.45, 2.75) is 37.6 Å². The Balaban J connectivity index is 1.71. The number of rotatable bonds is 2. The third-order valence-electron chi connectivity index (χ3n) is 4.17. The fourth-order valence-electron chi connectivity index (χ4n) is 2.99. The van der Waals surface area contributed by atoms with Crippen LogP contribution in [0.25, 0.3) is 4.96 Å². The smallest absolute Gasteiger partial charge is 0.234 e. The molecule has 0 spiro atoms. The van der Waals surface area contributed by atoms with E-state index in [-0.39, 0.29) is 0 Å². The van der Waals surface area contributed by atoms with Crippen molar-refractivity contribution in [2.75, 3.05) is 19.8 Å². The summed E-state index contributed by atoms with van der Waals surface area (Å²) in [4.78, 5) is 0.913. The van der Waals surface area contributed by atoms with Crippen molar-refractivity contribution < 1.29 is 4.74 Å². The fourth-order valence-corrected chi connectivity index (χ4v) is 4.07. The predicted octanol–water partition coefficient (Wildman–Crippen LogP) is 1.16. The van der Waals surface area contributed by atoms with E-state index in [0.717, 1.165) is 43.4 Å². The molecule has 0 radical (unpaired) electrons. The Morgan fingerprint density at radius 2 is 2.32 bits per heavy atom. The third-order valence-corrected chi connectivity index (χ3v) is 5.20. The molecule has 19 heavy (non-hydrogen) atoms. The number of nitrogens with zero attached hydrogens (tertiary/aromatic N) is 4. The Hall–Kier alpha value is -1.05. The first-order valence-corrected chi connectivity index (χ1v) is 7.68. The SMILES string of the molecule is CC1NCCC1c1nn2c(C3CCOC3)nnc2s1. The lowest BCUT2D eigenvalue weighted by Gasteiger charge is -2.10. The van der Waals surface area contributed by atoms with E-state index >= 15 is 0 Å². The van der Waals surface area contributed by atoms with E-state index in [1.54, 1.807) is 11.3 Å². The van der Waals surface area contributed by atoms with Crippen LogP contribution in [0, 0.1) is 0 Å². The second kappa shape index (κ2) is 4.50. The summed E-state index contributed by atoms with van der Waals surface area (Å²) >= 11 is 1.68. The average Bonchev–Trinajstić information content (AvgIpc) is 3.10. The Morgan fingerprint density at radius 1 is 1.37 bits per heavy atom. The van der Waals surface area contributed by atoms with Crippen molar-refractivity contribution in [3.8, 4) is 0 Å². The van der Waals surface area contributed by atoms with Gasteiger partial charge >= 0.3 is 0 Å². The molecule has 7 heteroatoms. The highest BCUT2D eigenvalue weighted by molar-refractivity contribution is 7.16. The first kappa shape index (κ1) is 11.7. The molecular formula is C12H17N5OS. The number of ether oxygens (including phenoxy) is 1. The molecule has 0 aromatic carbocycles. The first-order valence-electron chi connectivity index (χ1n) is 6.86. The van der Waals surface area contributed by atoms with Crippen LogP contribution in [-0.2, 0) is 4.74 Å². The molecule has 0 saturated carbocycles. The zero-order valence-corrected chi connectivity index (χ0v) is 11.7. The molecule has 3 unspecified atom stereocenters. The van der Waals surface area contributed by atoms with Crippen LogP contribution in [-0.4, -0.2) is 45.6 Å². The lowest BCUT2D eigenvalue weighted by atomic mass is 10.0. The van der Waals surface area contributed by atoms with Crippen LogP contribution >= 0.6 is 11.3 Å². The first-order chi connectivity index (χ1) is 9.33. The van der Waals surface area contributed by atoms with Gasteiger partial charge in [0.25, 0.3) is 0 Å². The molecule has 4 rings (SSSR count). The van der Waals surface area contributed by atoms with Gasteiger partial charge in [0.05, 0.1) is 6.61 Å². The van der Waals surface area contributed by atoms with Gasteiger partial charge in [0.1, 0.15) is 5.01 Å². The van der Waals surface area contributed by atoms with Crippen molar-refractivity contribution in [1.29, 1.82) is 0 Å². The van der Waals surface area contributed by atoms with Gasteiger partial charge in [0.15, 0.2) is 5.82 Å². The van der Waals surface area contributed by atoms with Gasteiger partial charge in [-0.05, 0) is 26.3 Å². The van der Waals surface area contributed by atoms with E-state index in [1.807, 2.05) is 4.52 Å². The van der Waals surface area contributed by atoms with Gasteiger partial charge in [-0.25, -0.2) is 0 Å². The molecule has 3 atom stereocenters. The number of hydrogen-bond donors (Lipinski definition) is 1. The molecule has 2 aromatic heterocycles. The summed E-state index contributed by atoms with van der Waals surface area (Å²) in [5, 5.41) is 18.0. The second-order valence-electron chi connectivity index (χ2n) is 5.39. The van der Waals surface area contributed by atoms with Crippen molar-refractivity contribution in [3.63, 3.8) is 0 Å². The molecule has 0 amide bonds.